The van der Waals surface area contributed by atoms with Crippen molar-refractivity contribution in [1.29, 1.82) is 0 Å². The quantitative estimate of drug-likeness (QED) is 0.667. The van der Waals surface area contributed by atoms with E-state index in [9.17, 15) is 14.4 Å². The van der Waals surface area contributed by atoms with Gasteiger partial charge in [-0.05, 0) is 55.3 Å². The van der Waals surface area contributed by atoms with Crippen LogP contribution in [-0.2, 0) is 17.7 Å². The summed E-state index contributed by atoms with van der Waals surface area (Å²) >= 11 is 0. The van der Waals surface area contributed by atoms with Gasteiger partial charge in [-0.3, -0.25) is 9.36 Å². The van der Waals surface area contributed by atoms with E-state index in [-0.39, 0.29) is 5.56 Å². The summed E-state index contributed by atoms with van der Waals surface area (Å²) in [5.74, 6) is 0.377. The van der Waals surface area contributed by atoms with Crippen LogP contribution in [0.3, 0.4) is 0 Å². The molecule has 29 heavy (non-hydrogen) atoms. The molecule has 1 aliphatic rings. The second-order valence-electron chi connectivity index (χ2n) is 6.82. The number of carbonyl (C=O) groups is 2. The van der Waals surface area contributed by atoms with Gasteiger partial charge in [0.25, 0.3) is 5.56 Å². The van der Waals surface area contributed by atoms with Crippen molar-refractivity contribution in [2.45, 2.75) is 25.8 Å². The molecule has 0 radical (unpaired) electrons. The van der Waals surface area contributed by atoms with Crippen molar-refractivity contribution in [3.8, 4) is 0 Å². The Morgan fingerprint density at radius 1 is 1.03 bits per heavy atom. The highest BCUT2D eigenvalue weighted by Gasteiger charge is 2.15. The summed E-state index contributed by atoms with van der Waals surface area (Å²) in [6.07, 6.45) is 2.82. The minimum absolute atomic E-state index is 0.0767. The third kappa shape index (κ3) is 3.82. The summed E-state index contributed by atoms with van der Waals surface area (Å²) in [4.78, 5) is 41.1. The molecule has 4 rings (SSSR count). The lowest BCUT2D eigenvalue weighted by atomic mass is 10.1. The van der Waals surface area contributed by atoms with Gasteiger partial charge in [0.15, 0.2) is 0 Å². The van der Waals surface area contributed by atoms with E-state index >= 15 is 0 Å². The number of ether oxygens (including phenoxy) is 1. The molecule has 2 N–H and O–H groups in total. The number of nitrogens with one attached hydrogen (secondary N) is 2. The van der Waals surface area contributed by atoms with Gasteiger partial charge in [-0.15, -0.1) is 0 Å². The van der Waals surface area contributed by atoms with E-state index < -0.39 is 12.0 Å². The number of methoxy groups -OCH3 is 1. The van der Waals surface area contributed by atoms with Crippen LogP contribution in [0.5, 0.6) is 0 Å². The third-order valence-corrected chi connectivity index (χ3v) is 4.89. The van der Waals surface area contributed by atoms with E-state index in [1.165, 1.54) is 7.11 Å². The molecule has 8 nitrogen and oxygen atoms in total. The van der Waals surface area contributed by atoms with Gasteiger partial charge in [0.05, 0.1) is 23.6 Å². The number of anilines is 2. The second-order valence-corrected chi connectivity index (χ2v) is 6.82. The van der Waals surface area contributed by atoms with Gasteiger partial charge in [-0.2, -0.15) is 0 Å². The van der Waals surface area contributed by atoms with Gasteiger partial charge < -0.3 is 15.4 Å². The number of urea groups is 1. The Balaban J connectivity index is 1.51. The summed E-state index contributed by atoms with van der Waals surface area (Å²) in [6.45, 7) is 0.677. The maximum Gasteiger partial charge on any atom is 0.337 e. The first kappa shape index (κ1) is 18.7. The summed E-state index contributed by atoms with van der Waals surface area (Å²) in [7, 11) is 1.31. The molecule has 0 saturated carbocycles. The fourth-order valence-electron chi connectivity index (χ4n) is 3.42. The molecule has 2 amide bonds. The minimum Gasteiger partial charge on any atom is -0.465 e. The summed E-state index contributed by atoms with van der Waals surface area (Å²) in [5, 5.41) is 5.89. The van der Waals surface area contributed by atoms with Gasteiger partial charge in [0, 0.05) is 24.3 Å². The summed E-state index contributed by atoms with van der Waals surface area (Å²) < 4.78 is 6.37. The lowest BCUT2D eigenvalue weighted by molar-refractivity contribution is 0.0600. The highest BCUT2D eigenvalue weighted by molar-refractivity contribution is 6.01. The van der Waals surface area contributed by atoms with Crippen molar-refractivity contribution in [1.82, 2.24) is 9.55 Å². The predicted molar refractivity (Wildman–Crippen MR) is 109 cm³/mol. The molecular formula is C21H20N4O4. The number of benzene rings is 2. The maximum atomic E-state index is 12.8. The Labute approximate surface area is 166 Å². The number of rotatable bonds is 3. The molecule has 0 spiro atoms. The molecule has 148 valence electrons. The molecule has 0 fully saturated rings. The van der Waals surface area contributed by atoms with E-state index in [1.54, 1.807) is 47.0 Å². The lowest BCUT2D eigenvalue weighted by Crippen LogP contribution is -2.28. The average molecular weight is 392 g/mol. The molecular weight excluding hydrogens is 372 g/mol. The van der Waals surface area contributed by atoms with Crippen LogP contribution >= 0.6 is 0 Å². The standard InChI is InChI=1S/C21H20N4O4/c1-29-20(27)13-5-7-14(8-6-13)22-21(28)23-15-9-10-17-16(12-15)19(26)25-11-3-2-4-18(25)24-17/h5-10,12H,2-4,11H2,1H3,(H2,22,23,28). The van der Waals surface area contributed by atoms with Gasteiger partial charge in [-0.25, -0.2) is 14.6 Å². The molecule has 0 bridgehead atoms. The molecule has 0 unspecified atom stereocenters. The fraction of sp³-hybridized carbons (Fsp3) is 0.238. The Bertz CT molecular complexity index is 1150. The van der Waals surface area contributed by atoms with Crippen LogP contribution in [0.4, 0.5) is 16.2 Å². The third-order valence-electron chi connectivity index (χ3n) is 4.89. The Hall–Kier alpha value is -3.68. The SMILES string of the molecule is COC(=O)c1ccc(NC(=O)Nc2ccc3nc4n(c(=O)c3c2)CCCC4)cc1. The molecule has 1 aliphatic heterocycles. The van der Waals surface area contributed by atoms with Crippen molar-refractivity contribution >= 4 is 34.3 Å². The van der Waals surface area contributed by atoms with Crippen LogP contribution in [0.1, 0.15) is 29.0 Å². The van der Waals surface area contributed by atoms with Crippen LogP contribution in [0.2, 0.25) is 0 Å². The number of hydrogen-bond donors (Lipinski definition) is 2. The highest BCUT2D eigenvalue weighted by atomic mass is 16.5. The zero-order valence-electron chi connectivity index (χ0n) is 15.9. The van der Waals surface area contributed by atoms with E-state index in [2.05, 4.69) is 20.4 Å². The van der Waals surface area contributed by atoms with Crippen molar-refractivity contribution in [2.24, 2.45) is 0 Å². The zero-order valence-corrected chi connectivity index (χ0v) is 15.9. The van der Waals surface area contributed by atoms with E-state index in [1.807, 2.05) is 0 Å². The molecule has 1 aromatic heterocycles. The van der Waals surface area contributed by atoms with Gasteiger partial charge in [0.2, 0.25) is 0 Å². The van der Waals surface area contributed by atoms with Gasteiger partial charge in [0.1, 0.15) is 5.82 Å². The van der Waals surface area contributed by atoms with E-state index in [0.29, 0.717) is 34.4 Å². The first-order chi connectivity index (χ1) is 14.0. The highest BCUT2D eigenvalue weighted by Crippen LogP contribution is 2.19. The van der Waals surface area contributed by atoms with Crippen molar-refractivity contribution < 1.29 is 14.3 Å². The normalized spacial score (nSPS) is 12.9. The first-order valence-corrected chi connectivity index (χ1v) is 9.35. The number of esters is 1. The zero-order chi connectivity index (χ0) is 20.4. The maximum absolute atomic E-state index is 12.8. The minimum atomic E-state index is -0.457. The molecule has 2 heterocycles. The summed E-state index contributed by atoms with van der Waals surface area (Å²) in [6, 6.07) is 11.0. The molecule has 2 aromatic carbocycles. The number of nitrogens with zero attached hydrogens (tertiary/aromatic N) is 2. The number of aromatic nitrogens is 2. The largest absolute Gasteiger partial charge is 0.465 e. The first-order valence-electron chi connectivity index (χ1n) is 9.35. The second kappa shape index (κ2) is 7.75. The Morgan fingerprint density at radius 3 is 2.52 bits per heavy atom. The summed E-state index contributed by atoms with van der Waals surface area (Å²) in [5.41, 5.74) is 1.96. The number of fused-ring (bicyclic) bond motifs is 2. The average Bonchev–Trinajstić information content (AvgIpc) is 2.74. The van der Waals surface area contributed by atoms with Crippen molar-refractivity contribution in [2.75, 3.05) is 17.7 Å². The molecule has 0 atom stereocenters. The number of amides is 2. The van der Waals surface area contributed by atoms with Crippen LogP contribution in [0.25, 0.3) is 10.9 Å². The number of aryl methyl sites for hydroxylation is 1. The topological polar surface area (TPSA) is 102 Å². The van der Waals surface area contributed by atoms with E-state index in [4.69, 9.17) is 0 Å². The monoisotopic (exact) mass is 392 g/mol. The predicted octanol–water partition coefficient (Wildman–Crippen LogP) is 3.16. The fourth-order valence-corrected chi connectivity index (χ4v) is 3.42. The Kier molecular flexibility index (Phi) is 4.99. The van der Waals surface area contributed by atoms with Crippen LogP contribution in [-0.4, -0.2) is 28.7 Å². The van der Waals surface area contributed by atoms with Crippen LogP contribution < -0.4 is 16.2 Å². The molecule has 3 aromatic rings. The molecule has 0 aliphatic carbocycles. The number of carbonyl (C=O) groups excluding carboxylic acids is 2. The molecule has 0 saturated heterocycles. The Morgan fingerprint density at radius 2 is 1.76 bits per heavy atom. The lowest BCUT2D eigenvalue weighted by Gasteiger charge is -2.18. The van der Waals surface area contributed by atoms with Crippen LogP contribution in [0.15, 0.2) is 47.3 Å². The van der Waals surface area contributed by atoms with Gasteiger partial charge >= 0.3 is 12.0 Å². The molecule has 8 heteroatoms. The number of hydrogen-bond acceptors (Lipinski definition) is 5. The van der Waals surface area contributed by atoms with E-state index in [0.717, 1.165) is 25.1 Å². The van der Waals surface area contributed by atoms with Gasteiger partial charge in [-0.1, -0.05) is 0 Å². The van der Waals surface area contributed by atoms with Crippen molar-refractivity contribution in [3.63, 3.8) is 0 Å². The smallest absolute Gasteiger partial charge is 0.337 e. The van der Waals surface area contributed by atoms with Crippen molar-refractivity contribution in [3.05, 3.63) is 64.2 Å². The van der Waals surface area contributed by atoms with Crippen LogP contribution in [0, 0.1) is 0 Å².